The molecule has 0 aliphatic rings. The van der Waals surface area contributed by atoms with Crippen molar-refractivity contribution in [1.82, 2.24) is 0 Å². The Balaban J connectivity index is 2.60. The molecule has 0 spiro atoms. The van der Waals surface area contributed by atoms with E-state index in [0.717, 1.165) is 17.5 Å². The molecule has 0 aliphatic heterocycles. The molecular weight excluding hydrogens is 267 g/mol. The lowest BCUT2D eigenvalue weighted by Gasteiger charge is -2.15. The van der Waals surface area contributed by atoms with E-state index in [4.69, 9.17) is 10.5 Å². The molecule has 20 heavy (non-hydrogen) atoms. The SMILES string of the molecule is CCC(N)Cc1cc(C)ccc1OCCCC(F)(F)F. The molecule has 1 rings (SSSR count). The van der Waals surface area contributed by atoms with Crippen molar-refractivity contribution in [2.45, 2.75) is 51.7 Å². The minimum absolute atomic E-state index is 0.0311. The molecule has 5 heteroatoms. The molecule has 0 aromatic heterocycles. The minimum atomic E-state index is -4.12. The molecule has 0 amide bonds. The Morgan fingerprint density at radius 1 is 1.30 bits per heavy atom. The Labute approximate surface area is 118 Å². The van der Waals surface area contributed by atoms with Crippen LogP contribution in [0.1, 0.15) is 37.3 Å². The molecule has 0 radical (unpaired) electrons. The third-order valence-electron chi connectivity index (χ3n) is 3.08. The fourth-order valence-electron chi connectivity index (χ4n) is 1.89. The van der Waals surface area contributed by atoms with Gasteiger partial charge in [-0.25, -0.2) is 0 Å². The Kier molecular flexibility index (Phi) is 6.33. The van der Waals surface area contributed by atoms with Crippen LogP contribution >= 0.6 is 0 Å². The van der Waals surface area contributed by atoms with Gasteiger partial charge < -0.3 is 10.5 Å². The average Bonchev–Trinajstić information content (AvgIpc) is 2.35. The summed E-state index contributed by atoms with van der Waals surface area (Å²) in [5.41, 5.74) is 7.98. The van der Waals surface area contributed by atoms with Crippen LogP contribution in [0.3, 0.4) is 0 Å². The first kappa shape index (κ1) is 16.8. The van der Waals surface area contributed by atoms with Crippen LogP contribution in [0.2, 0.25) is 0 Å². The highest BCUT2D eigenvalue weighted by Crippen LogP contribution is 2.24. The van der Waals surface area contributed by atoms with E-state index in [2.05, 4.69) is 0 Å². The highest BCUT2D eigenvalue weighted by molar-refractivity contribution is 5.37. The van der Waals surface area contributed by atoms with Crippen molar-refractivity contribution < 1.29 is 17.9 Å². The number of ether oxygens (including phenoxy) is 1. The molecule has 1 aromatic carbocycles. The van der Waals surface area contributed by atoms with Gasteiger partial charge in [-0.3, -0.25) is 0 Å². The Morgan fingerprint density at radius 2 is 2.00 bits per heavy atom. The van der Waals surface area contributed by atoms with E-state index in [1.54, 1.807) is 6.07 Å². The highest BCUT2D eigenvalue weighted by Gasteiger charge is 2.26. The second-order valence-corrected chi connectivity index (χ2v) is 5.05. The largest absolute Gasteiger partial charge is 0.493 e. The molecular formula is C15H22F3NO. The van der Waals surface area contributed by atoms with Gasteiger partial charge in [-0.2, -0.15) is 13.2 Å². The van der Waals surface area contributed by atoms with Crippen molar-refractivity contribution in [2.75, 3.05) is 6.61 Å². The van der Waals surface area contributed by atoms with E-state index in [1.807, 2.05) is 26.0 Å². The Bertz CT molecular complexity index is 418. The predicted molar refractivity (Wildman–Crippen MR) is 73.9 cm³/mol. The summed E-state index contributed by atoms with van der Waals surface area (Å²) in [5.74, 6) is 0.640. The molecule has 0 bridgehead atoms. The molecule has 114 valence electrons. The number of benzene rings is 1. The van der Waals surface area contributed by atoms with Gasteiger partial charge in [0.05, 0.1) is 6.61 Å². The summed E-state index contributed by atoms with van der Waals surface area (Å²) < 4.78 is 41.7. The second kappa shape index (κ2) is 7.53. The normalized spacial score (nSPS) is 13.3. The molecule has 1 atom stereocenters. The van der Waals surface area contributed by atoms with Gasteiger partial charge in [-0.1, -0.05) is 24.6 Å². The second-order valence-electron chi connectivity index (χ2n) is 5.05. The summed E-state index contributed by atoms with van der Waals surface area (Å²) in [5, 5.41) is 0. The van der Waals surface area contributed by atoms with Gasteiger partial charge in [0.2, 0.25) is 0 Å². The predicted octanol–water partition coefficient (Wildman–Crippen LogP) is 4.00. The van der Waals surface area contributed by atoms with E-state index < -0.39 is 12.6 Å². The summed E-state index contributed by atoms with van der Waals surface area (Å²) in [4.78, 5) is 0. The maximum Gasteiger partial charge on any atom is 0.389 e. The van der Waals surface area contributed by atoms with E-state index in [9.17, 15) is 13.2 Å². The third-order valence-corrected chi connectivity index (χ3v) is 3.08. The van der Waals surface area contributed by atoms with Gasteiger partial charge in [-0.05, 0) is 37.8 Å². The summed E-state index contributed by atoms with van der Waals surface area (Å²) >= 11 is 0. The lowest BCUT2D eigenvalue weighted by atomic mass is 10.0. The van der Waals surface area contributed by atoms with Crippen LogP contribution in [-0.4, -0.2) is 18.8 Å². The van der Waals surface area contributed by atoms with Crippen LogP contribution in [0.15, 0.2) is 18.2 Å². The lowest BCUT2D eigenvalue weighted by molar-refractivity contribution is -0.136. The smallest absolute Gasteiger partial charge is 0.389 e. The van der Waals surface area contributed by atoms with E-state index >= 15 is 0 Å². The Hall–Kier alpha value is -1.23. The molecule has 2 nitrogen and oxygen atoms in total. The molecule has 1 unspecified atom stereocenters. The summed E-state index contributed by atoms with van der Waals surface area (Å²) in [7, 11) is 0. The number of aryl methyl sites for hydroxylation is 1. The third kappa shape index (κ3) is 6.28. The summed E-state index contributed by atoms with van der Waals surface area (Å²) in [6.07, 6.45) is -3.45. The quantitative estimate of drug-likeness (QED) is 0.770. The van der Waals surface area contributed by atoms with Gasteiger partial charge in [0.1, 0.15) is 5.75 Å². The van der Waals surface area contributed by atoms with E-state index in [0.29, 0.717) is 12.2 Å². The highest BCUT2D eigenvalue weighted by atomic mass is 19.4. The van der Waals surface area contributed by atoms with Gasteiger partial charge >= 0.3 is 6.18 Å². The maximum absolute atomic E-state index is 12.1. The average molecular weight is 289 g/mol. The number of hydrogen-bond acceptors (Lipinski definition) is 2. The molecule has 0 fully saturated rings. The first-order valence-corrected chi connectivity index (χ1v) is 6.86. The topological polar surface area (TPSA) is 35.2 Å². The molecule has 0 saturated carbocycles. The monoisotopic (exact) mass is 289 g/mol. The molecule has 0 aliphatic carbocycles. The molecule has 0 heterocycles. The molecule has 0 saturated heterocycles. The van der Waals surface area contributed by atoms with Crippen LogP contribution in [0.4, 0.5) is 13.2 Å². The Morgan fingerprint density at radius 3 is 2.60 bits per heavy atom. The minimum Gasteiger partial charge on any atom is -0.493 e. The van der Waals surface area contributed by atoms with Crippen molar-refractivity contribution in [1.29, 1.82) is 0 Å². The van der Waals surface area contributed by atoms with Crippen molar-refractivity contribution in [3.05, 3.63) is 29.3 Å². The van der Waals surface area contributed by atoms with E-state index in [1.165, 1.54) is 0 Å². The maximum atomic E-state index is 12.1. The van der Waals surface area contributed by atoms with Gasteiger partial charge in [0.25, 0.3) is 0 Å². The molecule has 1 aromatic rings. The van der Waals surface area contributed by atoms with Gasteiger partial charge in [-0.15, -0.1) is 0 Å². The number of rotatable bonds is 7. The van der Waals surface area contributed by atoms with Crippen LogP contribution in [0.25, 0.3) is 0 Å². The summed E-state index contributed by atoms with van der Waals surface area (Å²) in [6, 6.07) is 5.71. The number of nitrogens with two attached hydrogens (primary N) is 1. The summed E-state index contributed by atoms with van der Waals surface area (Å²) in [6.45, 7) is 4.04. The van der Waals surface area contributed by atoms with Crippen molar-refractivity contribution in [3.8, 4) is 5.75 Å². The zero-order valence-electron chi connectivity index (χ0n) is 12.0. The van der Waals surface area contributed by atoms with E-state index in [-0.39, 0.29) is 19.1 Å². The number of hydrogen-bond donors (Lipinski definition) is 1. The van der Waals surface area contributed by atoms with Crippen molar-refractivity contribution >= 4 is 0 Å². The zero-order chi connectivity index (χ0) is 15.2. The van der Waals surface area contributed by atoms with Crippen LogP contribution in [-0.2, 0) is 6.42 Å². The lowest BCUT2D eigenvalue weighted by Crippen LogP contribution is -2.22. The van der Waals surface area contributed by atoms with Crippen molar-refractivity contribution in [3.63, 3.8) is 0 Å². The van der Waals surface area contributed by atoms with Crippen LogP contribution in [0, 0.1) is 6.92 Å². The van der Waals surface area contributed by atoms with Gasteiger partial charge in [0, 0.05) is 12.5 Å². The van der Waals surface area contributed by atoms with Crippen LogP contribution < -0.4 is 10.5 Å². The number of alkyl halides is 3. The zero-order valence-corrected chi connectivity index (χ0v) is 12.0. The fraction of sp³-hybridized carbons (Fsp3) is 0.600. The first-order chi connectivity index (χ1) is 9.31. The van der Waals surface area contributed by atoms with Crippen LogP contribution in [0.5, 0.6) is 5.75 Å². The first-order valence-electron chi connectivity index (χ1n) is 6.86. The van der Waals surface area contributed by atoms with Gasteiger partial charge in [0.15, 0.2) is 0 Å². The number of halogens is 3. The van der Waals surface area contributed by atoms with Crippen molar-refractivity contribution in [2.24, 2.45) is 5.73 Å². The fourth-order valence-corrected chi connectivity index (χ4v) is 1.89. The standard InChI is InChI=1S/C15H22F3NO/c1-3-13(19)10-12-9-11(2)5-6-14(12)20-8-4-7-15(16,17)18/h5-6,9,13H,3-4,7-8,10,19H2,1-2H3. The molecule has 2 N–H and O–H groups in total.